The lowest BCUT2D eigenvalue weighted by atomic mass is 9.78. The van der Waals surface area contributed by atoms with Crippen LogP contribution in [-0.2, 0) is 19.1 Å². The van der Waals surface area contributed by atoms with Crippen molar-refractivity contribution in [3.63, 3.8) is 0 Å². The zero-order valence-electron chi connectivity index (χ0n) is 10.6. The fourth-order valence-corrected chi connectivity index (χ4v) is 1.94. The molecule has 0 aromatic carbocycles. The highest BCUT2D eigenvalue weighted by Gasteiger charge is 2.51. The summed E-state index contributed by atoms with van der Waals surface area (Å²) in [6.45, 7) is 2.89. The van der Waals surface area contributed by atoms with Crippen LogP contribution in [0.5, 0.6) is 0 Å². The zero-order chi connectivity index (χ0) is 13.9. The Balaban J connectivity index is 3.06. The maximum atomic E-state index is 12.2. The number of ether oxygens (including phenoxy) is 1. The van der Waals surface area contributed by atoms with Crippen molar-refractivity contribution in [2.75, 3.05) is 13.7 Å². The molecular formula is C11H16N2O5. The number of barbiturate groups is 1. The molecule has 0 atom stereocenters. The second-order valence-electron chi connectivity index (χ2n) is 4.02. The molecule has 1 saturated heterocycles. The molecule has 0 unspecified atom stereocenters. The van der Waals surface area contributed by atoms with Crippen LogP contribution in [0.1, 0.15) is 26.7 Å². The summed E-state index contributed by atoms with van der Waals surface area (Å²) in [6, 6.07) is -0.882. The Morgan fingerprint density at radius 1 is 1.28 bits per heavy atom. The molecule has 0 aliphatic carbocycles. The number of rotatable bonds is 4. The summed E-state index contributed by atoms with van der Waals surface area (Å²) < 4.78 is 4.41. The molecule has 7 nitrogen and oxygen atoms in total. The van der Waals surface area contributed by atoms with Crippen LogP contribution in [0.3, 0.4) is 0 Å². The lowest BCUT2D eigenvalue weighted by Gasteiger charge is -2.37. The van der Waals surface area contributed by atoms with Crippen molar-refractivity contribution in [1.29, 1.82) is 0 Å². The number of hydrogen-bond donors (Lipinski definition) is 1. The Morgan fingerprint density at radius 3 is 2.28 bits per heavy atom. The van der Waals surface area contributed by atoms with Gasteiger partial charge >= 0.3 is 12.0 Å². The maximum Gasteiger partial charge on any atom is 0.331 e. The molecule has 1 N–H and O–H groups in total. The summed E-state index contributed by atoms with van der Waals surface area (Å²) in [5.74, 6) is -1.97. The highest BCUT2D eigenvalue weighted by atomic mass is 16.5. The van der Waals surface area contributed by atoms with Crippen LogP contribution in [0, 0.1) is 5.41 Å². The highest BCUT2D eigenvalue weighted by Crippen LogP contribution is 2.32. The number of nitrogens with zero attached hydrogens (tertiary/aromatic N) is 1. The summed E-state index contributed by atoms with van der Waals surface area (Å²) in [5, 5.41) is 2.10. The third-order valence-electron chi connectivity index (χ3n) is 3.28. The van der Waals surface area contributed by atoms with Gasteiger partial charge in [-0.15, -0.1) is 0 Å². The summed E-state index contributed by atoms with van der Waals surface area (Å²) >= 11 is 0. The van der Waals surface area contributed by atoms with E-state index in [1.807, 2.05) is 0 Å². The van der Waals surface area contributed by atoms with Gasteiger partial charge < -0.3 is 4.74 Å². The molecule has 1 rings (SSSR count). The number of carbonyl (C=O) groups is 4. The normalized spacial score (nSPS) is 18.6. The molecule has 4 amide bonds. The van der Waals surface area contributed by atoms with E-state index < -0.39 is 35.8 Å². The first-order chi connectivity index (χ1) is 8.42. The van der Waals surface area contributed by atoms with Crippen LogP contribution in [0.4, 0.5) is 4.79 Å². The molecule has 0 saturated carbocycles. The summed E-state index contributed by atoms with van der Waals surface area (Å²) in [6.07, 6.45) is 0.526. The third-order valence-corrected chi connectivity index (χ3v) is 3.28. The molecule has 0 aromatic heterocycles. The Labute approximate surface area is 104 Å². The number of carbonyl (C=O) groups excluding carboxylic acids is 4. The van der Waals surface area contributed by atoms with E-state index in [0.717, 1.165) is 12.0 Å². The number of methoxy groups -OCH3 is 1. The fraction of sp³-hybridized carbons (Fsp3) is 0.636. The van der Waals surface area contributed by atoms with Gasteiger partial charge in [-0.05, 0) is 12.8 Å². The molecule has 7 heteroatoms. The zero-order valence-corrected chi connectivity index (χ0v) is 10.6. The van der Waals surface area contributed by atoms with E-state index in [1.54, 1.807) is 13.8 Å². The lowest BCUT2D eigenvalue weighted by Crippen LogP contribution is -2.64. The largest absolute Gasteiger partial charge is 0.468 e. The minimum atomic E-state index is -1.28. The van der Waals surface area contributed by atoms with E-state index in [4.69, 9.17) is 0 Å². The van der Waals surface area contributed by atoms with Crippen molar-refractivity contribution in [1.82, 2.24) is 10.2 Å². The standard InChI is InChI=1S/C11H16N2O5/c1-4-11(5-2)8(15)12-10(17)13(9(11)16)6-7(14)18-3/h4-6H2,1-3H3,(H,12,15,17). The van der Waals surface area contributed by atoms with Gasteiger partial charge in [0.25, 0.3) is 0 Å². The van der Waals surface area contributed by atoms with E-state index >= 15 is 0 Å². The Kier molecular flexibility index (Phi) is 4.05. The number of hydrogen-bond acceptors (Lipinski definition) is 5. The molecule has 0 aromatic rings. The molecule has 0 radical (unpaired) electrons. The average Bonchev–Trinajstić information content (AvgIpc) is 2.35. The third kappa shape index (κ3) is 2.07. The van der Waals surface area contributed by atoms with Crippen LogP contribution < -0.4 is 5.32 Å². The summed E-state index contributed by atoms with van der Waals surface area (Å²) in [4.78, 5) is 47.5. The molecule has 1 fully saturated rings. The minimum Gasteiger partial charge on any atom is -0.468 e. The Morgan fingerprint density at radius 2 is 1.83 bits per heavy atom. The van der Waals surface area contributed by atoms with Gasteiger partial charge in [0, 0.05) is 0 Å². The number of esters is 1. The minimum absolute atomic E-state index is 0.263. The van der Waals surface area contributed by atoms with Crippen molar-refractivity contribution >= 4 is 23.8 Å². The summed E-state index contributed by atoms with van der Waals surface area (Å²) in [5.41, 5.74) is -1.28. The first-order valence-corrected chi connectivity index (χ1v) is 5.67. The molecule has 0 bridgehead atoms. The molecule has 1 heterocycles. The van der Waals surface area contributed by atoms with Crippen LogP contribution in [-0.4, -0.2) is 42.4 Å². The average molecular weight is 256 g/mol. The number of imide groups is 2. The topological polar surface area (TPSA) is 92.8 Å². The first-order valence-electron chi connectivity index (χ1n) is 5.67. The van der Waals surface area contributed by atoms with E-state index in [9.17, 15) is 19.2 Å². The van der Waals surface area contributed by atoms with Crippen molar-refractivity contribution in [3.8, 4) is 0 Å². The van der Waals surface area contributed by atoms with E-state index in [2.05, 4.69) is 10.1 Å². The van der Waals surface area contributed by atoms with Crippen molar-refractivity contribution in [3.05, 3.63) is 0 Å². The van der Waals surface area contributed by atoms with Gasteiger partial charge in [0.15, 0.2) is 0 Å². The van der Waals surface area contributed by atoms with Crippen LogP contribution in [0.2, 0.25) is 0 Å². The van der Waals surface area contributed by atoms with Gasteiger partial charge in [-0.2, -0.15) is 0 Å². The quantitative estimate of drug-likeness (QED) is 0.566. The van der Waals surface area contributed by atoms with Crippen molar-refractivity contribution < 1.29 is 23.9 Å². The monoisotopic (exact) mass is 256 g/mol. The van der Waals surface area contributed by atoms with Gasteiger partial charge in [0.1, 0.15) is 12.0 Å². The van der Waals surface area contributed by atoms with Crippen molar-refractivity contribution in [2.45, 2.75) is 26.7 Å². The SMILES string of the molecule is CCC1(CC)C(=O)NC(=O)N(CC(=O)OC)C1=O. The van der Waals surface area contributed by atoms with Crippen LogP contribution in [0.25, 0.3) is 0 Å². The van der Waals surface area contributed by atoms with Crippen molar-refractivity contribution in [2.24, 2.45) is 5.41 Å². The second kappa shape index (κ2) is 5.16. The lowest BCUT2D eigenvalue weighted by molar-refractivity contribution is -0.156. The van der Waals surface area contributed by atoms with Gasteiger partial charge in [-0.25, -0.2) is 4.79 Å². The molecule has 1 aliphatic rings. The first kappa shape index (κ1) is 14.1. The number of amides is 4. The predicted octanol–water partition coefficient (Wildman–Crippen LogP) is 0.0442. The molecule has 0 spiro atoms. The molecular weight excluding hydrogens is 240 g/mol. The van der Waals surface area contributed by atoms with E-state index in [1.165, 1.54) is 0 Å². The smallest absolute Gasteiger partial charge is 0.331 e. The highest BCUT2D eigenvalue weighted by molar-refractivity contribution is 6.19. The van der Waals surface area contributed by atoms with Gasteiger partial charge in [0.2, 0.25) is 11.8 Å². The fourth-order valence-electron chi connectivity index (χ4n) is 1.94. The Hall–Kier alpha value is -1.92. The summed E-state index contributed by atoms with van der Waals surface area (Å²) in [7, 11) is 1.16. The number of nitrogens with one attached hydrogen (secondary N) is 1. The Bertz CT molecular complexity index is 400. The van der Waals surface area contributed by atoms with Gasteiger partial charge in [-0.1, -0.05) is 13.8 Å². The van der Waals surface area contributed by atoms with Gasteiger partial charge in [0.05, 0.1) is 7.11 Å². The van der Waals surface area contributed by atoms with Crippen LogP contribution >= 0.6 is 0 Å². The van der Waals surface area contributed by atoms with Gasteiger partial charge in [-0.3, -0.25) is 24.6 Å². The molecule has 100 valence electrons. The molecule has 18 heavy (non-hydrogen) atoms. The van der Waals surface area contributed by atoms with E-state index in [0.29, 0.717) is 0 Å². The van der Waals surface area contributed by atoms with Crippen LogP contribution in [0.15, 0.2) is 0 Å². The van der Waals surface area contributed by atoms with E-state index in [-0.39, 0.29) is 12.8 Å². The maximum absolute atomic E-state index is 12.2. The predicted molar refractivity (Wildman–Crippen MR) is 60.3 cm³/mol. The molecule has 1 aliphatic heterocycles. The second-order valence-corrected chi connectivity index (χ2v) is 4.02. The number of urea groups is 1.